The third-order valence-corrected chi connectivity index (χ3v) is 2.85. The lowest BCUT2D eigenvalue weighted by Gasteiger charge is -2.36. The van der Waals surface area contributed by atoms with Crippen LogP contribution in [0.1, 0.15) is 29.6 Å². The summed E-state index contributed by atoms with van der Waals surface area (Å²) in [4.78, 5) is 14.9. The van der Waals surface area contributed by atoms with Crippen LogP contribution in [0.5, 0.6) is 0 Å². The van der Waals surface area contributed by atoms with Crippen molar-refractivity contribution in [3.63, 3.8) is 0 Å². The Morgan fingerprint density at radius 1 is 1.56 bits per heavy atom. The number of hydrogen-bond donors (Lipinski definition) is 2. The van der Waals surface area contributed by atoms with Crippen LogP contribution >= 0.6 is 0 Å². The first-order chi connectivity index (χ1) is 7.59. The first-order valence-corrected chi connectivity index (χ1v) is 5.21. The molecule has 1 amide bonds. The van der Waals surface area contributed by atoms with Crippen LogP contribution in [0.2, 0.25) is 0 Å². The van der Waals surface area contributed by atoms with Crippen molar-refractivity contribution in [3.05, 3.63) is 29.8 Å². The quantitative estimate of drug-likeness (QED) is 0.749. The van der Waals surface area contributed by atoms with Gasteiger partial charge in [-0.05, 0) is 31.4 Å². The minimum atomic E-state index is -0.747. The van der Waals surface area contributed by atoms with E-state index < -0.39 is 11.5 Å². The van der Waals surface area contributed by atoms with Crippen molar-refractivity contribution in [2.24, 2.45) is 0 Å². The van der Waals surface area contributed by atoms with Crippen LogP contribution < -0.4 is 5.32 Å². The van der Waals surface area contributed by atoms with Gasteiger partial charge in [0.05, 0.1) is 11.2 Å². The maximum Gasteiger partial charge on any atom is 0.252 e. The van der Waals surface area contributed by atoms with Crippen LogP contribution in [-0.4, -0.2) is 28.1 Å². The van der Waals surface area contributed by atoms with E-state index in [1.54, 1.807) is 0 Å². The molecule has 0 radical (unpaired) electrons. The Morgan fingerprint density at radius 3 is 2.81 bits per heavy atom. The highest BCUT2D eigenvalue weighted by Gasteiger charge is 2.34. The number of halogens is 1. The van der Waals surface area contributed by atoms with Gasteiger partial charge in [-0.25, -0.2) is 4.98 Å². The molecule has 86 valence electrons. The minimum absolute atomic E-state index is 0.239. The SMILES string of the molecule is O=C(NCC1(O)CCC1)c1ccc(F)nc1. The summed E-state index contributed by atoms with van der Waals surface area (Å²) in [5.74, 6) is -0.956. The Balaban J connectivity index is 1.90. The number of aliphatic hydroxyl groups is 1. The molecule has 0 spiro atoms. The van der Waals surface area contributed by atoms with Crippen molar-refractivity contribution in [2.75, 3.05) is 6.54 Å². The normalized spacial score (nSPS) is 17.6. The van der Waals surface area contributed by atoms with Gasteiger partial charge in [-0.3, -0.25) is 4.79 Å². The standard InChI is InChI=1S/C11H13FN2O2/c12-9-3-2-8(6-13-9)10(15)14-7-11(16)4-1-5-11/h2-3,6,16H,1,4-5,7H2,(H,14,15). The van der Waals surface area contributed by atoms with E-state index in [0.29, 0.717) is 5.56 Å². The summed E-state index contributed by atoms with van der Waals surface area (Å²) < 4.78 is 12.5. The van der Waals surface area contributed by atoms with Gasteiger partial charge in [-0.1, -0.05) is 0 Å². The Labute approximate surface area is 92.5 Å². The molecular formula is C11H13FN2O2. The van der Waals surface area contributed by atoms with Crippen LogP contribution in [-0.2, 0) is 0 Å². The van der Waals surface area contributed by atoms with E-state index in [9.17, 15) is 14.3 Å². The summed E-state index contributed by atoms with van der Waals surface area (Å²) in [6.07, 6.45) is 3.60. The van der Waals surface area contributed by atoms with Crippen molar-refractivity contribution >= 4 is 5.91 Å². The number of nitrogens with one attached hydrogen (secondary N) is 1. The largest absolute Gasteiger partial charge is 0.388 e. The molecule has 0 atom stereocenters. The average Bonchev–Trinajstić information content (AvgIpc) is 2.24. The van der Waals surface area contributed by atoms with E-state index in [4.69, 9.17) is 0 Å². The van der Waals surface area contributed by atoms with E-state index >= 15 is 0 Å². The Hall–Kier alpha value is -1.49. The topological polar surface area (TPSA) is 62.2 Å². The van der Waals surface area contributed by atoms with Gasteiger partial charge in [0.15, 0.2) is 0 Å². The van der Waals surface area contributed by atoms with Crippen LogP contribution in [0.15, 0.2) is 18.3 Å². The van der Waals surface area contributed by atoms with E-state index in [0.717, 1.165) is 25.3 Å². The summed E-state index contributed by atoms with van der Waals surface area (Å²) in [5, 5.41) is 12.4. The molecule has 4 nitrogen and oxygen atoms in total. The highest BCUT2D eigenvalue weighted by Crippen LogP contribution is 2.30. The van der Waals surface area contributed by atoms with Crippen LogP contribution in [0.25, 0.3) is 0 Å². The van der Waals surface area contributed by atoms with Crippen molar-refractivity contribution in [2.45, 2.75) is 24.9 Å². The molecule has 1 aliphatic carbocycles. The molecule has 0 saturated heterocycles. The number of aromatic nitrogens is 1. The van der Waals surface area contributed by atoms with E-state index in [-0.39, 0.29) is 12.5 Å². The van der Waals surface area contributed by atoms with E-state index in [1.807, 2.05) is 0 Å². The Bertz CT molecular complexity index is 387. The van der Waals surface area contributed by atoms with E-state index in [1.165, 1.54) is 12.3 Å². The first-order valence-electron chi connectivity index (χ1n) is 5.21. The number of carbonyl (C=O) groups is 1. The molecule has 1 saturated carbocycles. The van der Waals surface area contributed by atoms with Gasteiger partial charge in [0, 0.05) is 12.7 Å². The zero-order valence-corrected chi connectivity index (χ0v) is 8.74. The number of rotatable bonds is 3. The van der Waals surface area contributed by atoms with Gasteiger partial charge in [0.25, 0.3) is 5.91 Å². The van der Waals surface area contributed by atoms with Crippen LogP contribution in [0.4, 0.5) is 4.39 Å². The fourth-order valence-electron chi connectivity index (χ4n) is 1.62. The lowest BCUT2D eigenvalue weighted by Crippen LogP contribution is -2.47. The summed E-state index contributed by atoms with van der Waals surface area (Å²) >= 11 is 0. The number of amides is 1. The maximum absolute atomic E-state index is 12.5. The minimum Gasteiger partial charge on any atom is -0.388 e. The molecule has 16 heavy (non-hydrogen) atoms. The molecule has 2 N–H and O–H groups in total. The maximum atomic E-state index is 12.5. The van der Waals surface area contributed by atoms with Gasteiger partial charge in [-0.15, -0.1) is 0 Å². The summed E-state index contributed by atoms with van der Waals surface area (Å²) in [7, 11) is 0. The summed E-state index contributed by atoms with van der Waals surface area (Å²) in [6.45, 7) is 0.239. The van der Waals surface area contributed by atoms with Crippen LogP contribution in [0.3, 0.4) is 0 Å². The second kappa shape index (κ2) is 4.17. The smallest absolute Gasteiger partial charge is 0.252 e. The number of carbonyl (C=O) groups excluding carboxylic acids is 1. The molecular weight excluding hydrogens is 211 g/mol. The predicted octanol–water partition coefficient (Wildman–Crippen LogP) is 0.865. The lowest BCUT2D eigenvalue weighted by molar-refractivity contribution is -0.0300. The summed E-state index contributed by atoms with van der Waals surface area (Å²) in [5.41, 5.74) is -0.451. The molecule has 2 rings (SSSR count). The third-order valence-electron chi connectivity index (χ3n) is 2.85. The second-order valence-corrected chi connectivity index (χ2v) is 4.13. The molecule has 1 aromatic rings. The number of nitrogens with zero attached hydrogens (tertiary/aromatic N) is 1. The van der Waals surface area contributed by atoms with Gasteiger partial charge in [0.1, 0.15) is 0 Å². The monoisotopic (exact) mass is 224 g/mol. The predicted molar refractivity (Wildman–Crippen MR) is 55.3 cm³/mol. The van der Waals surface area contributed by atoms with Gasteiger partial charge in [-0.2, -0.15) is 4.39 Å². The average molecular weight is 224 g/mol. The molecule has 1 heterocycles. The third kappa shape index (κ3) is 2.36. The zero-order valence-electron chi connectivity index (χ0n) is 8.74. The van der Waals surface area contributed by atoms with Crippen molar-refractivity contribution in [1.29, 1.82) is 0 Å². The highest BCUT2D eigenvalue weighted by atomic mass is 19.1. The van der Waals surface area contributed by atoms with Gasteiger partial charge >= 0.3 is 0 Å². The second-order valence-electron chi connectivity index (χ2n) is 4.13. The zero-order chi connectivity index (χ0) is 11.6. The fourth-order valence-corrected chi connectivity index (χ4v) is 1.62. The van der Waals surface area contributed by atoms with Crippen molar-refractivity contribution < 1.29 is 14.3 Å². The molecule has 0 aromatic carbocycles. The molecule has 5 heteroatoms. The highest BCUT2D eigenvalue weighted by molar-refractivity contribution is 5.93. The molecule has 1 fully saturated rings. The Kier molecular flexibility index (Phi) is 2.87. The van der Waals surface area contributed by atoms with Crippen molar-refractivity contribution in [3.8, 4) is 0 Å². The van der Waals surface area contributed by atoms with Gasteiger partial charge in [0.2, 0.25) is 5.95 Å². The van der Waals surface area contributed by atoms with Crippen LogP contribution in [0, 0.1) is 5.95 Å². The number of pyridine rings is 1. The molecule has 0 aliphatic heterocycles. The Morgan fingerprint density at radius 2 is 2.31 bits per heavy atom. The number of hydrogen-bond acceptors (Lipinski definition) is 3. The molecule has 1 aromatic heterocycles. The van der Waals surface area contributed by atoms with E-state index in [2.05, 4.69) is 10.3 Å². The molecule has 0 unspecified atom stereocenters. The lowest BCUT2D eigenvalue weighted by atomic mass is 9.80. The first kappa shape index (κ1) is 11.0. The molecule has 1 aliphatic rings. The van der Waals surface area contributed by atoms with Crippen molar-refractivity contribution in [1.82, 2.24) is 10.3 Å². The van der Waals surface area contributed by atoms with Gasteiger partial charge < -0.3 is 10.4 Å². The fraction of sp³-hybridized carbons (Fsp3) is 0.455. The molecule has 0 bridgehead atoms. The summed E-state index contributed by atoms with van der Waals surface area (Å²) in [6, 6.07) is 2.50.